The zero-order valence-corrected chi connectivity index (χ0v) is 10.2. The van der Waals surface area contributed by atoms with Crippen molar-refractivity contribution in [3.8, 4) is 0 Å². The predicted molar refractivity (Wildman–Crippen MR) is 60.2 cm³/mol. The topological polar surface area (TPSA) is 38.8 Å². The summed E-state index contributed by atoms with van der Waals surface area (Å²) in [5.41, 5.74) is -0.0839. The van der Waals surface area contributed by atoms with Crippen LogP contribution in [0.3, 0.4) is 0 Å². The van der Waals surface area contributed by atoms with Crippen molar-refractivity contribution in [1.82, 2.24) is 4.90 Å². The number of ether oxygens (including phenoxy) is 2. The molecule has 1 atom stereocenters. The van der Waals surface area contributed by atoms with Crippen LogP contribution in [0.4, 0.5) is 0 Å². The molecule has 0 aromatic carbocycles. The van der Waals surface area contributed by atoms with Crippen molar-refractivity contribution in [2.24, 2.45) is 5.92 Å². The molecule has 0 aromatic heterocycles. The summed E-state index contributed by atoms with van der Waals surface area (Å²) in [5.74, 6) is 0.725. The van der Waals surface area contributed by atoms with E-state index < -0.39 is 0 Å². The molecule has 2 aliphatic heterocycles. The van der Waals surface area contributed by atoms with Gasteiger partial charge in [-0.2, -0.15) is 0 Å². The van der Waals surface area contributed by atoms with Gasteiger partial charge in [0.05, 0.1) is 19.7 Å². The van der Waals surface area contributed by atoms with Gasteiger partial charge >= 0.3 is 0 Å². The molecule has 16 heavy (non-hydrogen) atoms. The maximum atomic E-state index is 11.7. The molecule has 0 saturated carbocycles. The van der Waals surface area contributed by atoms with Crippen molar-refractivity contribution in [1.29, 1.82) is 0 Å². The lowest BCUT2D eigenvalue weighted by Crippen LogP contribution is -2.66. The van der Waals surface area contributed by atoms with Crippen LogP contribution in [-0.2, 0) is 14.3 Å². The largest absolute Gasteiger partial charge is 0.384 e. The smallest absolute Gasteiger partial charge is 0.222 e. The van der Waals surface area contributed by atoms with Gasteiger partial charge in [-0.1, -0.05) is 6.92 Å². The maximum absolute atomic E-state index is 11.7. The van der Waals surface area contributed by atoms with Gasteiger partial charge in [0.1, 0.15) is 5.60 Å². The Hall–Kier alpha value is -0.610. The summed E-state index contributed by atoms with van der Waals surface area (Å²) in [6.45, 7) is 5.12. The van der Waals surface area contributed by atoms with E-state index in [4.69, 9.17) is 9.47 Å². The lowest BCUT2D eigenvalue weighted by atomic mass is 9.81. The molecule has 1 amide bonds. The van der Waals surface area contributed by atoms with Crippen molar-refractivity contribution in [3.63, 3.8) is 0 Å². The van der Waals surface area contributed by atoms with Gasteiger partial charge < -0.3 is 14.4 Å². The van der Waals surface area contributed by atoms with Crippen LogP contribution >= 0.6 is 0 Å². The van der Waals surface area contributed by atoms with Crippen molar-refractivity contribution in [2.45, 2.75) is 31.8 Å². The van der Waals surface area contributed by atoms with Crippen molar-refractivity contribution in [3.05, 3.63) is 0 Å². The molecule has 0 N–H and O–H groups in total. The molecule has 1 spiro atoms. The molecular weight excluding hydrogens is 206 g/mol. The summed E-state index contributed by atoms with van der Waals surface area (Å²) in [6, 6.07) is 0. The third kappa shape index (κ3) is 1.96. The first-order chi connectivity index (χ1) is 7.72. The summed E-state index contributed by atoms with van der Waals surface area (Å²) >= 11 is 0. The monoisotopic (exact) mass is 227 g/mol. The average Bonchev–Trinajstić information content (AvgIpc) is 2.60. The Morgan fingerprint density at radius 1 is 1.56 bits per heavy atom. The van der Waals surface area contributed by atoms with Crippen LogP contribution in [0.1, 0.15) is 26.2 Å². The number of carbonyl (C=O) groups is 1. The fourth-order valence-corrected chi connectivity index (χ4v) is 2.72. The highest BCUT2D eigenvalue weighted by Crippen LogP contribution is 2.40. The number of nitrogens with zero attached hydrogens (tertiary/aromatic N) is 1. The molecule has 0 aromatic rings. The Morgan fingerprint density at radius 3 is 2.94 bits per heavy atom. The minimum Gasteiger partial charge on any atom is -0.384 e. The minimum atomic E-state index is -0.0839. The fourth-order valence-electron chi connectivity index (χ4n) is 2.72. The summed E-state index contributed by atoms with van der Waals surface area (Å²) in [4.78, 5) is 13.6. The molecule has 2 aliphatic rings. The lowest BCUT2D eigenvalue weighted by molar-refractivity contribution is -0.168. The van der Waals surface area contributed by atoms with E-state index in [1.807, 2.05) is 11.8 Å². The van der Waals surface area contributed by atoms with E-state index in [1.165, 1.54) is 0 Å². The predicted octanol–water partition coefficient (Wildman–Crippen LogP) is 1.05. The molecule has 0 aliphatic carbocycles. The Balaban J connectivity index is 1.87. The highest BCUT2D eigenvalue weighted by Gasteiger charge is 2.54. The van der Waals surface area contributed by atoms with Crippen LogP contribution < -0.4 is 0 Å². The number of rotatable bonds is 4. The summed E-state index contributed by atoms with van der Waals surface area (Å²) in [5, 5.41) is 0. The number of carbonyl (C=O) groups excluding carboxylic acids is 1. The molecule has 0 unspecified atom stereocenters. The third-order valence-corrected chi connectivity index (χ3v) is 3.70. The van der Waals surface area contributed by atoms with Crippen LogP contribution in [0.15, 0.2) is 0 Å². The number of methoxy groups -OCH3 is 1. The molecule has 92 valence electrons. The Kier molecular flexibility index (Phi) is 3.50. The number of hydrogen-bond acceptors (Lipinski definition) is 3. The second-order valence-electron chi connectivity index (χ2n) is 4.85. The molecular formula is C12H21NO3. The van der Waals surface area contributed by atoms with E-state index in [0.29, 0.717) is 12.3 Å². The standard InChI is InChI=1S/C12H21NO3/c1-3-4-11(14)13-8-12(9-13)10(7-15-2)5-6-16-12/h10H,3-9H2,1-2H3/t10-/m0/s1. The first-order valence-corrected chi connectivity index (χ1v) is 6.12. The zero-order chi connectivity index (χ0) is 11.6. The van der Waals surface area contributed by atoms with Crippen molar-refractivity contribution in [2.75, 3.05) is 33.4 Å². The molecule has 0 radical (unpaired) electrons. The second-order valence-corrected chi connectivity index (χ2v) is 4.85. The average molecular weight is 227 g/mol. The summed E-state index contributed by atoms with van der Waals surface area (Å²) < 4.78 is 11.0. The van der Waals surface area contributed by atoms with Crippen LogP contribution in [0.25, 0.3) is 0 Å². The maximum Gasteiger partial charge on any atom is 0.222 e. The van der Waals surface area contributed by atoms with Gasteiger partial charge in [-0.3, -0.25) is 4.79 Å². The summed E-state index contributed by atoms with van der Waals surface area (Å²) in [7, 11) is 1.73. The Labute approximate surface area is 96.9 Å². The second kappa shape index (κ2) is 4.72. The van der Waals surface area contributed by atoms with Gasteiger partial charge in [0, 0.05) is 26.1 Å². The Morgan fingerprint density at radius 2 is 2.31 bits per heavy atom. The van der Waals surface area contributed by atoms with Gasteiger partial charge in [-0.15, -0.1) is 0 Å². The van der Waals surface area contributed by atoms with E-state index in [1.54, 1.807) is 7.11 Å². The van der Waals surface area contributed by atoms with Crippen molar-refractivity contribution >= 4 is 5.91 Å². The van der Waals surface area contributed by atoms with E-state index in [0.717, 1.165) is 39.1 Å². The number of likely N-dealkylation sites (tertiary alicyclic amines) is 1. The molecule has 2 saturated heterocycles. The zero-order valence-electron chi connectivity index (χ0n) is 10.2. The normalized spacial score (nSPS) is 27.1. The number of amides is 1. The van der Waals surface area contributed by atoms with Crippen LogP contribution in [0.5, 0.6) is 0 Å². The van der Waals surface area contributed by atoms with Gasteiger partial charge in [0.25, 0.3) is 0 Å². The van der Waals surface area contributed by atoms with Gasteiger partial charge in [0.2, 0.25) is 5.91 Å². The van der Waals surface area contributed by atoms with E-state index in [2.05, 4.69) is 0 Å². The molecule has 4 nitrogen and oxygen atoms in total. The lowest BCUT2D eigenvalue weighted by Gasteiger charge is -2.50. The number of hydrogen-bond donors (Lipinski definition) is 0. The van der Waals surface area contributed by atoms with Gasteiger partial charge in [-0.05, 0) is 12.8 Å². The van der Waals surface area contributed by atoms with Crippen LogP contribution in [0, 0.1) is 5.92 Å². The molecule has 2 heterocycles. The molecule has 0 bridgehead atoms. The van der Waals surface area contributed by atoms with Gasteiger partial charge in [-0.25, -0.2) is 0 Å². The summed E-state index contributed by atoms with van der Waals surface area (Å²) in [6.07, 6.45) is 2.64. The van der Waals surface area contributed by atoms with Crippen molar-refractivity contribution < 1.29 is 14.3 Å². The minimum absolute atomic E-state index is 0.0839. The van der Waals surface area contributed by atoms with Crippen LogP contribution in [0.2, 0.25) is 0 Å². The SMILES string of the molecule is CCCC(=O)N1CC2(C1)OCC[C@H]2COC. The van der Waals surface area contributed by atoms with E-state index >= 15 is 0 Å². The van der Waals surface area contributed by atoms with E-state index in [9.17, 15) is 4.79 Å². The third-order valence-electron chi connectivity index (χ3n) is 3.70. The highest BCUT2D eigenvalue weighted by atomic mass is 16.5. The quantitative estimate of drug-likeness (QED) is 0.720. The first kappa shape index (κ1) is 11.9. The molecule has 2 rings (SSSR count). The fraction of sp³-hybridized carbons (Fsp3) is 0.917. The highest BCUT2D eigenvalue weighted by molar-refractivity contribution is 5.77. The van der Waals surface area contributed by atoms with Gasteiger partial charge in [0.15, 0.2) is 0 Å². The molecule has 4 heteroatoms. The van der Waals surface area contributed by atoms with Crippen LogP contribution in [-0.4, -0.2) is 49.8 Å². The Bertz CT molecular complexity index is 261. The van der Waals surface area contributed by atoms with E-state index in [-0.39, 0.29) is 11.5 Å². The molecule has 2 fully saturated rings. The first-order valence-electron chi connectivity index (χ1n) is 6.12.